The minimum absolute atomic E-state index is 0.139. The molecule has 1 heterocycles. The van der Waals surface area contributed by atoms with Gasteiger partial charge >= 0.3 is 5.97 Å². The van der Waals surface area contributed by atoms with Crippen LogP contribution in [-0.4, -0.2) is 15.6 Å². The Kier molecular flexibility index (Phi) is 2.48. The van der Waals surface area contributed by atoms with E-state index in [1.165, 1.54) is 18.2 Å². The maximum Gasteiger partial charge on any atom is 0.352 e. The van der Waals surface area contributed by atoms with Crippen molar-refractivity contribution in [2.75, 3.05) is 0 Å². The smallest absolute Gasteiger partial charge is 0.352 e. The average Bonchev–Trinajstić information content (AvgIpc) is 2.57. The van der Waals surface area contributed by atoms with Crippen LogP contribution >= 0.6 is 0 Å². The van der Waals surface area contributed by atoms with E-state index in [0.717, 1.165) is 0 Å². The summed E-state index contributed by atoms with van der Waals surface area (Å²) in [6.45, 7) is 3.96. The van der Waals surface area contributed by atoms with E-state index in [2.05, 4.69) is 6.58 Å². The predicted octanol–water partition coefficient (Wildman–Crippen LogP) is 2.66. The largest absolute Gasteiger partial charge is 0.477 e. The van der Waals surface area contributed by atoms with E-state index in [9.17, 15) is 9.18 Å². The van der Waals surface area contributed by atoms with Crippen molar-refractivity contribution in [1.29, 1.82) is 0 Å². The lowest BCUT2D eigenvalue weighted by molar-refractivity contribution is 0.0686. The van der Waals surface area contributed by atoms with Gasteiger partial charge in [-0.1, -0.05) is 6.08 Å². The number of aromatic nitrogens is 1. The number of hydrogen-bond donors (Lipinski definition) is 1. The molecule has 4 heteroatoms. The van der Waals surface area contributed by atoms with Gasteiger partial charge in [-0.05, 0) is 24.3 Å². The third-order valence-corrected chi connectivity index (χ3v) is 2.39. The molecule has 16 heavy (non-hydrogen) atoms. The summed E-state index contributed by atoms with van der Waals surface area (Å²) >= 11 is 0. The van der Waals surface area contributed by atoms with Crippen LogP contribution in [0.15, 0.2) is 36.9 Å². The summed E-state index contributed by atoms with van der Waals surface area (Å²) in [6, 6.07) is 5.67. The van der Waals surface area contributed by atoms with Crippen LogP contribution in [-0.2, 0) is 6.54 Å². The van der Waals surface area contributed by atoms with Crippen LogP contribution in [0, 0.1) is 5.82 Å². The van der Waals surface area contributed by atoms with E-state index >= 15 is 0 Å². The summed E-state index contributed by atoms with van der Waals surface area (Å²) in [5, 5.41) is 9.60. The van der Waals surface area contributed by atoms with E-state index in [1.807, 2.05) is 0 Å². The van der Waals surface area contributed by atoms with E-state index in [4.69, 9.17) is 5.11 Å². The number of hydrogen-bond acceptors (Lipinski definition) is 1. The van der Waals surface area contributed by atoms with Crippen molar-refractivity contribution in [1.82, 2.24) is 4.57 Å². The van der Waals surface area contributed by atoms with Crippen LogP contribution in [0.2, 0.25) is 0 Å². The van der Waals surface area contributed by atoms with Gasteiger partial charge in [-0.15, -0.1) is 6.58 Å². The van der Waals surface area contributed by atoms with E-state index in [1.54, 1.807) is 16.7 Å². The highest BCUT2D eigenvalue weighted by molar-refractivity contribution is 5.94. The molecule has 0 unspecified atom stereocenters. The first kappa shape index (κ1) is 10.4. The molecular weight excluding hydrogens is 209 g/mol. The number of halogens is 1. The second-order valence-corrected chi connectivity index (χ2v) is 3.44. The van der Waals surface area contributed by atoms with Crippen molar-refractivity contribution in [3.8, 4) is 0 Å². The number of fused-ring (bicyclic) bond motifs is 1. The zero-order valence-corrected chi connectivity index (χ0v) is 8.48. The molecule has 1 aromatic carbocycles. The highest BCUT2D eigenvalue weighted by Gasteiger charge is 2.13. The number of carbonyl (C=O) groups is 1. The van der Waals surface area contributed by atoms with Crippen molar-refractivity contribution in [2.24, 2.45) is 0 Å². The van der Waals surface area contributed by atoms with Crippen LogP contribution in [0.5, 0.6) is 0 Å². The van der Waals surface area contributed by atoms with Crippen LogP contribution < -0.4 is 0 Å². The van der Waals surface area contributed by atoms with Crippen LogP contribution in [0.3, 0.4) is 0 Å². The molecule has 82 valence electrons. The van der Waals surface area contributed by atoms with Gasteiger partial charge in [0.1, 0.15) is 11.5 Å². The molecule has 1 N–H and O–H groups in total. The molecule has 0 aliphatic heterocycles. The maximum absolute atomic E-state index is 13.0. The summed E-state index contributed by atoms with van der Waals surface area (Å²) in [5.74, 6) is -1.40. The Labute approximate surface area is 91.4 Å². The SMILES string of the molecule is C=CCn1c(C(=O)O)cc2cc(F)ccc21. The van der Waals surface area contributed by atoms with Gasteiger partial charge < -0.3 is 9.67 Å². The minimum atomic E-state index is -1.03. The van der Waals surface area contributed by atoms with Crippen molar-refractivity contribution >= 4 is 16.9 Å². The van der Waals surface area contributed by atoms with Crippen molar-refractivity contribution in [3.63, 3.8) is 0 Å². The van der Waals surface area contributed by atoms with Crippen molar-refractivity contribution in [3.05, 3.63) is 48.4 Å². The number of benzene rings is 1. The fourth-order valence-corrected chi connectivity index (χ4v) is 1.74. The topological polar surface area (TPSA) is 42.2 Å². The molecule has 0 atom stereocenters. The van der Waals surface area contributed by atoms with Gasteiger partial charge in [-0.2, -0.15) is 0 Å². The fraction of sp³-hybridized carbons (Fsp3) is 0.0833. The molecule has 1 aromatic heterocycles. The molecule has 0 aliphatic rings. The lowest BCUT2D eigenvalue weighted by atomic mass is 10.2. The normalized spacial score (nSPS) is 10.6. The quantitative estimate of drug-likeness (QED) is 0.806. The Bertz CT molecular complexity index is 572. The lowest BCUT2D eigenvalue weighted by Crippen LogP contribution is -2.06. The standard InChI is InChI=1S/C12H10FNO2/c1-2-5-14-10-4-3-9(13)6-8(10)7-11(14)12(15)16/h2-4,6-7H,1,5H2,(H,15,16). The second kappa shape index (κ2) is 3.81. The first-order valence-electron chi connectivity index (χ1n) is 4.76. The molecular formula is C12H10FNO2. The summed E-state index contributed by atoms with van der Waals surface area (Å²) in [5.41, 5.74) is 0.833. The van der Waals surface area contributed by atoms with Crippen molar-refractivity contribution in [2.45, 2.75) is 6.54 Å². The van der Waals surface area contributed by atoms with Gasteiger partial charge in [-0.25, -0.2) is 9.18 Å². The molecule has 0 radical (unpaired) electrons. The Morgan fingerprint density at radius 2 is 2.25 bits per heavy atom. The molecule has 0 saturated carbocycles. The maximum atomic E-state index is 13.0. The number of nitrogens with zero attached hydrogens (tertiary/aromatic N) is 1. The monoisotopic (exact) mass is 219 g/mol. The fourth-order valence-electron chi connectivity index (χ4n) is 1.74. The first-order chi connectivity index (χ1) is 7.63. The second-order valence-electron chi connectivity index (χ2n) is 3.44. The molecule has 2 aromatic rings. The first-order valence-corrected chi connectivity index (χ1v) is 4.76. The summed E-state index contributed by atoms with van der Waals surface area (Å²) in [7, 11) is 0. The number of allylic oxidation sites excluding steroid dienone is 1. The van der Waals surface area contributed by atoms with E-state index in [0.29, 0.717) is 17.4 Å². The van der Waals surface area contributed by atoms with Gasteiger partial charge in [-0.3, -0.25) is 0 Å². The summed E-state index contributed by atoms with van der Waals surface area (Å²) < 4.78 is 14.6. The molecule has 0 fully saturated rings. The highest BCUT2D eigenvalue weighted by Crippen LogP contribution is 2.21. The van der Waals surface area contributed by atoms with E-state index in [-0.39, 0.29) is 11.5 Å². The van der Waals surface area contributed by atoms with Gasteiger partial charge in [0, 0.05) is 17.4 Å². The van der Waals surface area contributed by atoms with Crippen LogP contribution in [0.25, 0.3) is 10.9 Å². The van der Waals surface area contributed by atoms with Gasteiger partial charge in [0.15, 0.2) is 0 Å². The zero-order chi connectivity index (χ0) is 11.7. The number of aromatic carboxylic acids is 1. The summed E-state index contributed by atoms with van der Waals surface area (Å²) in [6.07, 6.45) is 1.61. The average molecular weight is 219 g/mol. The van der Waals surface area contributed by atoms with Gasteiger partial charge in [0.25, 0.3) is 0 Å². The Hall–Kier alpha value is -2.10. The summed E-state index contributed by atoms with van der Waals surface area (Å²) in [4.78, 5) is 11.0. The molecule has 0 bridgehead atoms. The molecule has 0 spiro atoms. The van der Waals surface area contributed by atoms with Crippen LogP contribution in [0.1, 0.15) is 10.5 Å². The molecule has 0 amide bonds. The van der Waals surface area contributed by atoms with Gasteiger partial charge in [0.2, 0.25) is 0 Å². The molecule has 0 aliphatic carbocycles. The zero-order valence-electron chi connectivity index (χ0n) is 8.48. The Morgan fingerprint density at radius 1 is 1.50 bits per heavy atom. The number of rotatable bonds is 3. The third-order valence-electron chi connectivity index (χ3n) is 2.39. The molecule has 2 rings (SSSR count). The van der Waals surface area contributed by atoms with Gasteiger partial charge in [0.05, 0.1) is 0 Å². The minimum Gasteiger partial charge on any atom is -0.477 e. The lowest BCUT2D eigenvalue weighted by Gasteiger charge is -2.04. The number of carboxylic acid groups (broad SMARTS) is 1. The Balaban J connectivity index is 2.74. The highest BCUT2D eigenvalue weighted by atomic mass is 19.1. The van der Waals surface area contributed by atoms with E-state index < -0.39 is 5.97 Å². The molecule has 0 saturated heterocycles. The van der Waals surface area contributed by atoms with Crippen LogP contribution in [0.4, 0.5) is 4.39 Å². The predicted molar refractivity (Wildman–Crippen MR) is 59.1 cm³/mol. The third kappa shape index (κ3) is 1.58. The number of carboxylic acids is 1. The van der Waals surface area contributed by atoms with Crippen molar-refractivity contribution < 1.29 is 14.3 Å². The Morgan fingerprint density at radius 3 is 2.88 bits per heavy atom. The molecule has 3 nitrogen and oxygen atoms in total.